The van der Waals surface area contributed by atoms with Gasteiger partial charge < -0.3 is 15.5 Å². The van der Waals surface area contributed by atoms with Crippen LogP contribution >= 0.6 is 0 Å². The second kappa shape index (κ2) is 10.4. The summed E-state index contributed by atoms with van der Waals surface area (Å²) in [6.07, 6.45) is 6.84. The molecule has 0 unspecified atom stereocenters. The average molecular weight is 517 g/mol. The Morgan fingerprint density at radius 1 is 1.05 bits per heavy atom. The normalized spacial score (nSPS) is 14.2. The van der Waals surface area contributed by atoms with E-state index in [1.54, 1.807) is 46.4 Å². The molecule has 13 heteroatoms. The minimum absolute atomic E-state index is 0.0695. The van der Waals surface area contributed by atoms with Crippen LogP contribution in [0.1, 0.15) is 26.7 Å². The molecule has 1 aliphatic rings. The van der Waals surface area contributed by atoms with Gasteiger partial charge in [-0.2, -0.15) is 5.10 Å². The maximum Gasteiger partial charge on any atom is 0.294 e. The number of aryl methyl sites for hydroxylation is 2. The lowest BCUT2D eigenvalue weighted by atomic mass is 10.1. The van der Waals surface area contributed by atoms with Gasteiger partial charge in [-0.15, -0.1) is 10.2 Å². The molecule has 5 rings (SSSR count). The van der Waals surface area contributed by atoms with Crippen LogP contribution in [0.3, 0.4) is 0 Å². The molecule has 1 fully saturated rings. The summed E-state index contributed by atoms with van der Waals surface area (Å²) in [6, 6.07) is 5.27. The van der Waals surface area contributed by atoms with Crippen LogP contribution in [-0.2, 0) is 11.8 Å². The molecule has 0 radical (unpaired) electrons. The Kier molecular flexibility index (Phi) is 6.83. The number of carbonyl (C=O) groups excluding carboxylic acids is 3. The molecule has 13 nitrogen and oxygen atoms in total. The molecule has 0 spiro atoms. The fraction of sp³-hybridized carbons (Fsp3) is 0.320. The van der Waals surface area contributed by atoms with E-state index in [0.29, 0.717) is 48.8 Å². The Labute approximate surface area is 218 Å². The highest BCUT2D eigenvalue weighted by atomic mass is 16.2. The topological polar surface area (TPSA) is 143 Å². The molecule has 3 amide bonds. The van der Waals surface area contributed by atoms with Crippen molar-refractivity contribution in [2.24, 2.45) is 7.05 Å². The van der Waals surface area contributed by atoms with Gasteiger partial charge in [0.15, 0.2) is 5.65 Å². The maximum atomic E-state index is 13.1. The highest BCUT2D eigenvalue weighted by Crippen LogP contribution is 2.21. The van der Waals surface area contributed by atoms with Crippen LogP contribution in [0.4, 0.5) is 5.69 Å². The first-order valence-electron chi connectivity index (χ1n) is 12.1. The van der Waals surface area contributed by atoms with Crippen LogP contribution in [0.25, 0.3) is 16.8 Å². The van der Waals surface area contributed by atoms with E-state index < -0.39 is 5.91 Å². The first-order chi connectivity index (χ1) is 18.3. The monoisotopic (exact) mass is 516 g/mol. The third kappa shape index (κ3) is 5.22. The maximum absolute atomic E-state index is 13.1. The number of hydrogen-bond donors (Lipinski definition) is 2. The van der Waals surface area contributed by atoms with E-state index >= 15 is 0 Å². The number of carbonyl (C=O) groups is 3. The number of aromatic nitrogens is 6. The number of pyridine rings is 2. The fourth-order valence-corrected chi connectivity index (χ4v) is 4.19. The number of anilines is 1. The third-order valence-electron chi connectivity index (χ3n) is 6.50. The number of likely N-dealkylation sites (N-methyl/N-ethyl adjacent to an activating group) is 1. The Bertz CT molecular complexity index is 1520. The van der Waals surface area contributed by atoms with Gasteiger partial charge in [0.25, 0.3) is 11.8 Å². The molecule has 196 valence electrons. The van der Waals surface area contributed by atoms with E-state index in [4.69, 9.17) is 0 Å². The molecule has 1 saturated heterocycles. The Hall–Kier alpha value is -4.65. The van der Waals surface area contributed by atoms with Crippen molar-refractivity contribution in [1.29, 1.82) is 0 Å². The predicted octanol–water partition coefficient (Wildman–Crippen LogP) is 0.589. The number of nitrogens with zero attached hydrogens (tertiary/aromatic N) is 8. The van der Waals surface area contributed by atoms with Crippen molar-refractivity contribution in [3.05, 3.63) is 60.1 Å². The standard InChI is InChI=1S/C25H28N10O3/c1-16-20(10-18(12-27-16)24(37)26-5-7-34-9-8-32(2)22(36)15-34)29-25(38)23-31-30-21-11-17(4-6-35(21)23)19-13-28-33(3)14-19/h4,6,10-14H,5,7-9,15H2,1-3H3,(H,26,37)(H,29,38). The molecule has 4 aromatic rings. The number of nitrogens with one attached hydrogen (secondary N) is 2. The van der Waals surface area contributed by atoms with Gasteiger partial charge in [0.05, 0.1) is 29.7 Å². The first-order valence-corrected chi connectivity index (χ1v) is 12.1. The van der Waals surface area contributed by atoms with Crippen LogP contribution in [0.5, 0.6) is 0 Å². The zero-order valence-corrected chi connectivity index (χ0v) is 21.4. The second-order valence-corrected chi connectivity index (χ2v) is 9.23. The van der Waals surface area contributed by atoms with Gasteiger partial charge in [-0.1, -0.05) is 0 Å². The first kappa shape index (κ1) is 25.0. The Balaban J connectivity index is 1.24. The summed E-state index contributed by atoms with van der Waals surface area (Å²) in [5.74, 6) is -0.619. The number of hydrogen-bond acceptors (Lipinski definition) is 8. The van der Waals surface area contributed by atoms with Gasteiger partial charge in [-0.25, -0.2) is 0 Å². The molecule has 5 heterocycles. The van der Waals surface area contributed by atoms with Crippen LogP contribution in [0.2, 0.25) is 0 Å². The van der Waals surface area contributed by atoms with Gasteiger partial charge in [0.2, 0.25) is 11.7 Å². The van der Waals surface area contributed by atoms with E-state index in [1.807, 2.05) is 30.3 Å². The van der Waals surface area contributed by atoms with E-state index in [9.17, 15) is 14.4 Å². The van der Waals surface area contributed by atoms with E-state index in [1.165, 1.54) is 6.20 Å². The van der Waals surface area contributed by atoms with Crippen molar-refractivity contribution in [1.82, 2.24) is 44.5 Å². The summed E-state index contributed by atoms with van der Waals surface area (Å²) >= 11 is 0. The summed E-state index contributed by atoms with van der Waals surface area (Å²) in [5, 5.41) is 18.0. The predicted molar refractivity (Wildman–Crippen MR) is 139 cm³/mol. The second-order valence-electron chi connectivity index (χ2n) is 9.23. The van der Waals surface area contributed by atoms with Crippen molar-refractivity contribution >= 4 is 29.1 Å². The molecule has 0 bridgehead atoms. The Morgan fingerprint density at radius 2 is 1.89 bits per heavy atom. The lowest BCUT2D eigenvalue weighted by Gasteiger charge is -2.31. The molecule has 0 aromatic carbocycles. The van der Waals surface area contributed by atoms with Crippen LogP contribution in [0.15, 0.2) is 43.0 Å². The van der Waals surface area contributed by atoms with Gasteiger partial charge in [0, 0.05) is 64.4 Å². The lowest BCUT2D eigenvalue weighted by Crippen LogP contribution is -2.50. The highest BCUT2D eigenvalue weighted by molar-refractivity contribution is 6.03. The molecular weight excluding hydrogens is 488 g/mol. The molecule has 1 aliphatic heterocycles. The van der Waals surface area contributed by atoms with Crippen molar-refractivity contribution < 1.29 is 14.4 Å². The van der Waals surface area contributed by atoms with E-state index in [-0.39, 0.29) is 17.6 Å². The molecule has 2 N–H and O–H groups in total. The third-order valence-corrected chi connectivity index (χ3v) is 6.50. The van der Waals surface area contributed by atoms with E-state index in [0.717, 1.165) is 17.7 Å². The molecular formula is C25H28N10O3. The summed E-state index contributed by atoms with van der Waals surface area (Å²) < 4.78 is 3.31. The zero-order valence-electron chi connectivity index (χ0n) is 21.4. The van der Waals surface area contributed by atoms with Gasteiger partial charge in [-0.3, -0.25) is 33.3 Å². The fourth-order valence-electron chi connectivity index (χ4n) is 4.19. The molecule has 0 saturated carbocycles. The van der Waals surface area contributed by atoms with Gasteiger partial charge >= 0.3 is 0 Å². The molecule has 0 atom stereocenters. The van der Waals surface area contributed by atoms with Crippen molar-refractivity contribution in [3.8, 4) is 11.1 Å². The van der Waals surface area contributed by atoms with Crippen LogP contribution in [-0.4, -0.2) is 96.7 Å². The largest absolute Gasteiger partial charge is 0.351 e. The van der Waals surface area contributed by atoms with Crippen LogP contribution < -0.4 is 10.6 Å². The van der Waals surface area contributed by atoms with Crippen molar-refractivity contribution in [2.45, 2.75) is 6.92 Å². The Morgan fingerprint density at radius 3 is 2.66 bits per heavy atom. The minimum Gasteiger partial charge on any atom is -0.351 e. The quantitative estimate of drug-likeness (QED) is 0.363. The SMILES string of the molecule is Cc1ncc(C(=O)NCCN2CCN(C)C(=O)C2)cc1NC(=O)c1nnc2cc(-c3cnn(C)c3)ccn12. The van der Waals surface area contributed by atoms with E-state index in [2.05, 4.69) is 30.9 Å². The number of rotatable bonds is 7. The highest BCUT2D eigenvalue weighted by Gasteiger charge is 2.21. The van der Waals surface area contributed by atoms with Crippen molar-refractivity contribution in [3.63, 3.8) is 0 Å². The average Bonchev–Trinajstić information content (AvgIpc) is 3.53. The summed E-state index contributed by atoms with van der Waals surface area (Å²) in [5.41, 5.74) is 3.62. The molecule has 0 aliphatic carbocycles. The summed E-state index contributed by atoms with van der Waals surface area (Å²) in [7, 11) is 3.63. The number of amides is 3. The minimum atomic E-state index is -0.478. The zero-order chi connectivity index (χ0) is 26.8. The van der Waals surface area contributed by atoms with Crippen LogP contribution in [0, 0.1) is 6.92 Å². The van der Waals surface area contributed by atoms with Gasteiger partial charge in [-0.05, 0) is 30.7 Å². The summed E-state index contributed by atoms with van der Waals surface area (Å²) in [6.45, 7) is 4.47. The summed E-state index contributed by atoms with van der Waals surface area (Å²) in [4.78, 5) is 45.6. The molecule has 4 aromatic heterocycles. The van der Waals surface area contributed by atoms with Gasteiger partial charge in [0.1, 0.15) is 0 Å². The van der Waals surface area contributed by atoms with Crippen molar-refractivity contribution in [2.75, 3.05) is 45.1 Å². The number of fused-ring (bicyclic) bond motifs is 1. The number of piperazine rings is 1. The smallest absolute Gasteiger partial charge is 0.294 e. The molecule has 38 heavy (non-hydrogen) atoms. The lowest BCUT2D eigenvalue weighted by molar-refractivity contribution is -0.134.